The van der Waals surface area contributed by atoms with Crippen molar-refractivity contribution in [3.8, 4) is 0 Å². The van der Waals surface area contributed by atoms with Crippen LogP contribution in [0.4, 0.5) is 11.6 Å². The summed E-state index contributed by atoms with van der Waals surface area (Å²) in [6, 6.07) is 5.71. The fraction of sp³-hybridized carbons (Fsp3) is 0.421. The van der Waals surface area contributed by atoms with Gasteiger partial charge < -0.3 is 10.2 Å². The number of hydrogen-bond acceptors (Lipinski definition) is 5. The van der Waals surface area contributed by atoms with Gasteiger partial charge in [0, 0.05) is 51.5 Å². The number of rotatable bonds is 5. The number of benzene rings is 1. The lowest BCUT2D eigenvalue weighted by molar-refractivity contribution is -0.116. The van der Waals surface area contributed by atoms with Crippen LogP contribution in [0.25, 0.3) is 0 Å². The molecule has 0 unspecified atom stereocenters. The van der Waals surface area contributed by atoms with E-state index in [1.807, 2.05) is 32.0 Å². The van der Waals surface area contributed by atoms with E-state index in [1.165, 1.54) is 0 Å². The van der Waals surface area contributed by atoms with Crippen molar-refractivity contribution < 1.29 is 4.79 Å². The first-order valence-corrected chi connectivity index (χ1v) is 9.21. The van der Waals surface area contributed by atoms with Gasteiger partial charge >= 0.3 is 0 Å². The third-order valence-corrected chi connectivity index (χ3v) is 4.86. The molecule has 1 aliphatic rings. The van der Waals surface area contributed by atoms with Gasteiger partial charge in [-0.1, -0.05) is 17.7 Å². The standard InChI is InChI=1S/C19H24ClN5O/c1-14-12-15(2)18(16(20)13-14)23-17(26)4-7-24-8-10-25(11-9-24)19-21-5-3-6-22-19/h3,5-6,12-13H,4,7-11H2,1-2H3,(H,23,26). The van der Waals surface area contributed by atoms with E-state index in [-0.39, 0.29) is 5.91 Å². The van der Waals surface area contributed by atoms with Crippen molar-refractivity contribution in [3.63, 3.8) is 0 Å². The summed E-state index contributed by atoms with van der Waals surface area (Å²) >= 11 is 6.26. The number of aromatic nitrogens is 2. The Morgan fingerprint density at radius 2 is 1.85 bits per heavy atom. The number of carbonyl (C=O) groups is 1. The highest BCUT2D eigenvalue weighted by molar-refractivity contribution is 6.34. The van der Waals surface area contributed by atoms with Gasteiger partial charge in [-0.15, -0.1) is 0 Å². The maximum Gasteiger partial charge on any atom is 0.225 e. The maximum absolute atomic E-state index is 12.3. The molecule has 1 N–H and O–H groups in total. The summed E-state index contributed by atoms with van der Waals surface area (Å²) < 4.78 is 0. The molecule has 2 aromatic rings. The molecule has 0 spiro atoms. The third kappa shape index (κ3) is 4.71. The van der Waals surface area contributed by atoms with Crippen molar-refractivity contribution in [3.05, 3.63) is 46.7 Å². The second-order valence-electron chi connectivity index (χ2n) is 6.61. The van der Waals surface area contributed by atoms with Crippen LogP contribution in [0, 0.1) is 13.8 Å². The summed E-state index contributed by atoms with van der Waals surface area (Å²) in [5.74, 6) is 0.766. The van der Waals surface area contributed by atoms with Crippen LogP contribution < -0.4 is 10.2 Å². The van der Waals surface area contributed by atoms with E-state index in [9.17, 15) is 4.79 Å². The number of aryl methyl sites for hydroxylation is 2. The third-order valence-electron chi connectivity index (χ3n) is 4.56. The Hall–Kier alpha value is -2.18. The summed E-state index contributed by atoms with van der Waals surface area (Å²) in [6.45, 7) is 8.22. The highest BCUT2D eigenvalue weighted by Gasteiger charge is 2.19. The molecule has 3 rings (SSSR count). The quantitative estimate of drug-likeness (QED) is 0.873. The molecule has 0 radical (unpaired) electrons. The predicted octanol–water partition coefficient (Wildman–Crippen LogP) is 2.90. The number of amides is 1. The fourth-order valence-corrected chi connectivity index (χ4v) is 3.53. The Labute approximate surface area is 159 Å². The first kappa shape index (κ1) is 18.6. The van der Waals surface area contributed by atoms with Gasteiger partial charge in [0.2, 0.25) is 11.9 Å². The molecule has 0 aliphatic carbocycles. The van der Waals surface area contributed by atoms with Gasteiger partial charge in [-0.05, 0) is 37.1 Å². The minimum atomic E-state index is -0.00678. The van der Waals surface area contributed by atoms with Gasteiger partial charge in [-0.2, -0.15) is 0 Å². The van der Waals surface area contributed by atoms with E-state index in [1.54, 1.807) is 12.4 Å². The van der Waals surface area contributed by atoms with Gasteiger partial charge in [0.15, 0.2) is 0 Å². The zero-order valence-corrected chi connectivity index (χ0v) is 16.0. The molecular weight excluding hydrogens is 350 g/mol. The highest BCUT2D eigenvalue weighted by atomic mass is 35.5. The zero-order chi connectivity index (χ0) is 18.5. The first-order chi connectivity index (χ1) is 12.5. The summed E-state index contributed by atoms with van der Waals surface area (Å²) in [5, 5.41) is 3.54. The number of anilines is 2. The summed E-state index contributed by atoms with van der Waals surface area (Å²) in [4.78, 5) is 25.4. The van der Waals surface area contributed by atoms with Gasteiger partial charge in [-0.3, -0.25) is 9.69 Å². The normalized spacial score (nSPS) is 15.1. The van der Waals surface area contributed by atoms with Crippen LogP contribution in [0.2, 0.25) is 5.02 Å². The molecule has 0 bridgehead atoms. The minimum absolute atomic E-state index is 0.00678. The molecule has 26 heavy (non-hydrogen) atoms. The molecular formula is C19H24ClN5O. The molecule has 1 saturated heterocycles. The van der Waals surface area contributed by atoms with Crippen LogP contribution in [0.15, 0.2) is 30.6 Å². The van der Waals surface area contributed by atoms with E-state index in [0.29, 0.717) is 17.1 Å². The van der Waals surface area contributed by atoms with Gasteiger partial charge in [0.25, 0.3) is 0 Å². The molecule has 138 valence electrons. The van der Waals surface area contributed by atoms with Crippen molar-refractivity contribution in [1.82, 2.24) is 14.9 Å². The Bertz CT molecular complexity index is 737. The van der Waals surface area contributed by atoms with Crippen LogP contribution in [-0.2, 0) is 4.79 Å². The van der Waals surface area contributed by atoms with Crippen LogP contribution in [0.3, 0.4) is 0 Å². The van der Waals surface area contributed by atoms with Crippen molar-refractivity contribution in [2.75, 3.05) is 42.9 Å². The average Bonchev–Trinajstić information content (AvgIpc) is 2.64. The van der Waals surface area contributed by atoms with E-state index >= 15 is 0 Å². The number of piperazine rings is 1. The molecule has 7 heteroatoms. The second-order valence-corrected chi connectivity index (χ2v) is 7.02. The van der Waals surface area contributed by atoms with Crippen LogP contribution in [0.1, 0.15) is 17.5 Å². The molecule has 0 saturated carbocycles. The molecule has 1 fully saturated rings. The molecule has 1 aromatic carbocycles. The lowest BCUT2D eigenvalue weighted by Crippen LogP contribution is -2.47. The Morgan fingerprint density at radius 3 is 2.50 bits per heavy atom. The molecule has 1 aromatic heterocycles. The topological polar surface area (TPSA) is 61.4 Å². The van der Waals surface area contributed by atoms with E-state index in [4.69, 9.17) is 11.6 Å². The Morgan fingerprint density at radius 1 is 1.15 bits per heavy atom. The minimum Gasteiger partial charge on any atom is -0.338 e. The van der Waals surface area contributed by atoms with E-state index in [2.05, 4.69) is 25.1 Å². The van der Waals surface area contributed by atoms with Crippen molar-refractivity contribution >= 4 is 29.1 Å². The molecule has 1 aliphatic heterocycles. The molecule has 6 nitrogen and oxygen atoms in total. The van der Waals surface area contributed by atoms with Crippen molar-refractivity contribution in [2.45, 2.75) is 20.3 Å². The number of hydrogen-bond donors (Lipinski definition) is 1. The number of halogens is 1. The monoisotopic (exact) mass is 373 g/mol. The smallest absolute Gasteiger partial charge is 0.225 e. The number of carbonyl (C=O) groups excluding carboxylic acids is 1. The highest BCUT2D eigenvalue weighted by Crippen LogP contribution is 2.27. The van der Waals surface area contributed by atoms with Gasteiger partial charge in [-0.25, -0.2) is 9.97 Å². The van der Waals surface area contributed by atoms with Crippen LogP contribution >= 0.6 is 11.6 Å². The molecule has 2 heterocycles. The zero-order valence-electron chi connectivity index (χ0n) is 15.2. The summed E-state index contributed by atoms with van der Waals surface area (Å²) in [7, 11) is 0. The van der Waals surface area contributed by atoms with E-state index in [0.717, 1.165) is 49.8 Å². The number of nitrogens with zero attached hydrogens (tertiary/aromatic N) is 4. The van der Waals surface area contributed by atoms with E-state index < -0.39 is 0 Å². The Balaban J connectivity index is 1.46. The fourth-order valence-electron chi connectivity index (χ4n) is 3.16. The van der Waals surface area contributed by atoms with Crippen LogP contribution in [0.5, 0.6) is 0 Å². The molecule has 0 atom stereocenters. The summed E-state index contributed by atoms with van der Waals surface area (Å²) in [6.07, 6.45) is 3.97. The first-order valence-electron chi connectivity index (χ1n) is 8.84. The van der Waals surface area contributed by atoms with Gasteiger partial charge in [0.1, 0.15) is 0 Å². The SMILES string of the molecule is Cc1cc(C)c(NC(=O)CCN2CCN(c3ncccn3)CC2)c(Cl)c1. The molecule has 1 amide bonds. The largest absolute Gasteiger partial charge is 0.338 e. The summed E-state index contributed by atoms with van der Waals surface area (Å²) in [5.41, 5.74) is 2.79. The van der Waals surface area contributed by atoms with Crippen molar-refractivity contribution in [1.29, 1.82) is 0 Å². The lowest BCUT2D eigenvalue weighted by atomic mass is 10.1. The number of nitrogens with one attached hydrogen (secondary N) is 1. The Kier molecular flexibility index (Phi) is 6.06. The van der Waals surface area contributed by atoms with Gasteiger partial charge in [0.05, 0.1) is 10.7 Å². The maximum atomic E-state index is 12.3. The van der Waals surface area contributed by atoms with Crippen molar-refractivity contribution in [2.24, 2.45) is 0 Å². The predicted molar refractivity (Wildman–Crippen MR) is 105 cm³/mol. The average molecular weight is 374 g/mol. The van der Waals surface area contributed by atoms with Crippen LogP contribution in [-0.4, -0.2) is 53.5 Å². The lowest BCUT2D eigenvalue weighted by Gasteiger charge is -2.34. The second kappa shape index (κ2) is 8.47.